The number of H-pyrrole nitrogens is 1. The van der Waals surface area contributed by atoms with Crippen molar-refractivity contribution in [2.75, 3.05) is 13.7 Å². The predicted octanol–water partition coefficient (Wildman–Crippen LogP) is 1.60. The molecule has 0 unspecified atom stereocenters. The Balaban J connectivity index is 1.27. The van der Waals surface area contributed by atoms with E-state index in [-0.39, 0.29) is 24.4 Å². The molecular weight excluding hydrogens is 400 g/mol. The zero-order chi connectivity index (χ0) is 21.4. The maximum Gasteiger partial charge on any atom is 0.277 e. The first-order valence-corrected chi connectivity index (χ1v) is 9.95. The molecule has 0 saturated heterocycles. The van der Waals surface area contributed by atoms with E-state index in [2.05, 4.69) is 20.2 Å². The van der Waals surface area contributed by atoms with Gasteiger partial charge in [0.2, 0.25) is 17.6 Å². The van der Waals surface area contributed by atoms with Crippen LogP contribution >= 0.6 is 0 Å². The molecule has 0 atom stereocenters. The zero-order valence-electron chi connectivity index (χ0n) is 16.9. The number of carbonyl (C=O) groups excluding carboxylic acids is 1. The lowest BCUT2D eigenvalue weighted by Crippen LogP contribution is -2.40. The molecule has 4 aromatic rings. The summed E-state index contributed by atoms with van der Waals surface area (Å²) in [6, 6.07) is 9.15. The molecule has 3 aromatic heterocycles. The number of rotatable bonds is 5. The van der Waals surface area contributed by atoms with Crippen molar-refractivity contribution in [3.8, 4) is 17.1 Å². The van der Waals surface area contributed by atoms with Gasteiger partial charge in [-0.25, -0.2) is 9.50 Å². The minimum atomic E-state index is -0.166. The van der Waals surface area contributed by atoms with Gasteiger partial charge < -0.3 is 14.2 Å². The molecule has 10 nitrogen and oxygen atoms in total. The van der Waals surface area contributed by atoms with Gasteiger partial charge >= 0.3 is 0 Å². The van der Waals surface area contributed by atoms with Crippen LogP contribution < -0.4 is 10.3 Å². The SMILES string of the molecule is COc1ccccc1-c1noc(CCC(=O)N2CCc3nc4cc[nH]n4c(=O)c3C2)n1. The summed E-state index contributed by atoms with van der Waals surface area (Å²) < 4.78 is 12.0. The van der Waals surface area contributed by atoms with Crippen molar-refractivity contribution in [3.05, 3.63) is 64.0 Å². The summed E-state index contributed by atoms with van der Waals surface area (Å²) in [5.41, 5.74) is 2.46. The maximum atomic E-state index is 12.8. The van der Waals surface area contributed by atoms with Crippen LogP contribution in [0, 0.1) is 0 Å². The smallest absolute Gasteiger partial charge is 0.277 e. The van der Waals surface area contributed by atoms with E-state index in [9.17, 15) is 9.59 Å². The van der Waals surface area contributed by atoms with E-state index < -0.39 is 0 Å². The number of benzene rings is 1. The summed E-state index contributed by atoms with van der Waals surface area (Å²) in [5, 5.41) is 6.86. The van der Waals surface area contributed by atoms with Gasteiger partial charge in [0.25, 0.3) is 5.56 Å². The first-order chi connectivity index (χ1) is 15.1. The van der Waals surface area contributed by atoms with Crippen LogP contribution in [0.15, 0.2) is 45.8 Å². The third-order valence-corrected chi connectivity index (χ3v) is 5.41. The highest BCUT2D eigenvalue weighted by atomic mass is 16.5. The summed E-state index contributed by atoms with van der Waals surface area (Å²) in [6.45, 7) is 0.771. The fourth-order valence-electron chi connectivity index (χ4n) is 3.80. The number of aromatic nitrogens is 5. The van der Waals surface area contributed by atoms with E-state index >= 15 is 0 Å². The highest BCUT2D eigenvalue weighted by molar-refractivity contribution is 5.76. The molecule has 0 bridgehead atoms. The van der Waals surface area contributed by atoms with Crippen molar-refractivity contribution in [3.63, 3.8) is 0 Å². The van der Waals surface area contributed by atoms with Crippen molar-refractivity contribution >= 4 is 11.6 Å². The van der Waals surface area contributed by atoms with E-state index in [4.69, 9.17) is 9.26 Å². The number of nitrogens with zero attached hydrogens (tertiary/aromatic N) is 5. The second kappa shape index (κ2) is 7.71. The quantitative estimate of drug-likeness (QED) is 0.521. The Labute approximate surface area is 176 Å². The molecule has 1 aliphatic heterocycles. The number of hydrogen-bond acceptors (Lipinski definition) is 7. The highest BCUT2D eigenvalue weighted by Crippen LogP contribution is 2.27. The second-order valence-electron chi connectivity index (χ2n) is 7.28. The molecule has 1 aliphatic rings. The van der Waals surface area contributed by atoms with Gasteiger partial charge in [0.1, 0.15) is 5.75 Å². The molecule has 0 fully saturated rings. The Kier molecular flexibility index (Phi) is 4.73. The summed E-state index contributed by atoms with van der Waals surface area (Å²) in [5.74, 6) is 1.37. The third-order valence-electron chi connectivity index (χ3n) is 5.41. The molecule has 0 spiro atoms. The number of aryl methyl sites for hydroxylation is 1. The lowest BCUT2D eigenvalue weighted by molar-refractivity contribution is -0.132. The van der Waals surface area contributed by atoms with Crippen molar-refractivity contribution < 1.29 is 14.1 Å². The minimum Gasteiger partial charge on any atom is -0.496 e. The lowest BCUT2D eigenvalue weighted by atomic mass is 10.1. The van der Waals surface area contributed by atoms with Crippen LogP contribution in [0.4, 0.5) is 0 Å². The van der Waals surface area contributed by atoms with E-state index in [1.807, 2.05) is 24.3 Å². The van der Waals surface area contributed by atoms with Crippen molar-refractivity contribution in [1.82, 2.24) is 29.6 Å². The molecule has 0 radical (unpaired) electrons. The van der Waals surface area contributed by atoms with Crippen LogP contribution in [-0.4, -0.2) is 49.2 Å². The van der Waals surface area contributed by atoms with E-state index in [0.29, 0.717) is 48.1 Å². The molecule has 1 aromatic carbocycles. The standard InChI is InChI=1S/C21H20N6O4/c1-30-16-5-3-2-4-13(16)20-24-18(31-25-20)6-7-19(28)26-11-9-15-14(12-26)21(29)27-17(23-15)8-10-22-27/h2-5,8,10,22H,6-7,9,11-12H2,1H3. The number of aromatic amines is 1. The number of amides is 1. The third kappa shape index (κ3) is 3.45. The molecular formula is C21H20N6O4. The fourth-order valence-corrected chi connectivity index (χ4v) is 3.80. The number of para-hydroxylation sites is 1. The van der Waals surface area contributed by atoms with Gasteiger partial charge in [0.05, 0.1) is 30.5 Å². The second-order valence-corrected chi connectivity index (χ2v) is 7.28. The van der Waals surface area contributed by atoms with Gasteiger partial charge in [-0.15, -0.1) is 0 Å². The predicted molar refractivity (Wildman–Crippen MR) is 110 cm³/mol. The number of hydrogen-bond donors (Lipinski definition) is 1. The van der Waals surface area contributed by atoms with Gasteiger partial charge in [0.15, 0.2) is 5.65 Å². The Morgan fingerprint density at radius 3 is 3.00 bits per heavy atom. The first-order valence-electron chi connectivity index (χ1n) is 9.95. The fraction of sp³-hybridized carbons (Fsp3) is 0.286. The Morgan fingerprint density at radius 1 is 1.26 bits per heavy atom. The summed E-state index contributed by atoms with van der Waals surface area (Å²) >= 11 is 0. The first kappa shape index (κ1) is 19.0. The van der Waals surface area contributed by atoms with Crippen molar-refractivity contribution in [1.29, 1.82) is 0 Å². The van der Waals surface area contributed by atoms with Crippen molar-refractivity contribution in [2.45, 2.75) is 25.8 Å². The monoisotopic (exact) mass is 420 g/mol. The van der Waals surface area contributed by atoms with Gasteiger partial charge in [-0.05, 0) is 12.1 Å². The van der Waals surface area contributed by atoms with Gasteiger partial charge in [0, 0.05) is 38.1 Å². The summed E-state index contributed by atoms with van der Waals surface area (Å²) in [7, 11) is 1.58. The van der Waals surface area contributed by atoms with Gasteiger partial charge in [-0.2, -0.15) is 4.98 Å². The molecule has 5 rings (SSSR count). The largest absolute Gasteiger partial charge is 0.496 e. The number of methoxy groups -OCH3 is 1. The Hall–Kier alpha value is -3.95. The highest BCUT2D eigenvalue weighted by Gasteiger charge is 2.25. The van der Waals surface area contributed by atoms with Crippen molar-refractivity contribution in [2.24, 2.45) is 0 Å². The van der Waals surface area contributed by atoms with Gasteiger partial charge in [-0.3, -0.25) is 14.7 Å². The van der Waals surface area contributed by atoms with Crippen LogP contribution in [0.3, 0.4) is 0 Å². The molecule has 4 heterocycles. The average molecular weight is 420 g/mol. The number of nitrogens with one attached hydrogen (secondary N) is 1. The van der Waals surface area contributed by atoms with E-state index in [0.717, 1.165) is 11.3 Å². The molecule has 0 aliphatic carbocycles. The number of ether oxygens (including phenoxy) is 1. The van der Waals surface area contributed by atoms with Crippen LogP contribution in [0.2, 0.25) is 0 Å². The molecule has 31 heavy (non-hydrogen) atoms. The lowest BCUT2D eigenvalue weighted by Gasteiger charge is -2.27. The van der Waals surface area contributed by atoms with Gasteiger partial charge in [-0.1, -0.05) is 17.3 Å². The minimum absolute atomic E-state index is 0.0707. The molecule has 10 heteroatoms. The van der Waals surface area contributed by atoms with E-state index in [1.165, 1.54) is 4.52 Å². The van der Waals surface area contributed by atoms with Crippen LogP contribution in [0.25, 0.3) is 17.0 Å². The normalized spacial score (nSPS) is 13.4. The zero-order valence-corrected chi connectivity index (χ0v) is 16.9. The van der Waals surface area contributed by atoms with Crippen LogP contribution in [-0.2, 0) is 24.2 Å². The van der Waals surface area contributed by atoms with Crippen LogP contribution in [0.1, 0.15) is 23.6 Å². The molecule has 1 amide bonds. The maximum absolute atomic E-state index is 12.8. The molecule has 158 valence electrons. The summed E-state index contributed by atoms with van der Waals surface area (Å²) in [4.78, 5) is 36.0. The Bertz CT molecular complexity index is 1320. The van der Waals surface area contributed by atoms with E-state index in [1.54, 1.807) is 24.3 Å². The number of carbonyl (C=O) groups is 1. The average Bonchev–Trinajstić information content (AvgIpc) is 3.47. The molecule has 1 N–H and O–H groups in total. The van der Waals surface area contributed by atoms with Crippen LogP contribution in [0.5, 0.6) is 5.75 Å². The molecule has 0 saturated carbocycles. The Morgan fingerprint density at radius 2 is 2.13 bits per heavy atom. The number of fused-ring (bicyclic) bond motifs is 2. The topological polar surface area (TPSA) is 119 Å². The summed E-state index contributed by atoms with van der Waals surface area (Å²) in [6.07, 6.45) is 2.75.